The van der Waals surface area contributed by atoms with Crippen molar-refractivity contribution in [2.75, 3.05) is 6.54 Å². The number of hydrogen-bond donors (Lipinski definition) is 1. The topological polar surface area (TPSA) is 83.6 Å². The van der Waals surface area contributed by atoms with Gasteiger partial charge in [-0.05, 0) is 61.6 Å². The molecule has 2 aromatic carbocycles. The van der Waals surface area contributed by atoms with Crippen LogP contribution in [0.15, 0.2) is 47.4 Å². The van der Waals surface area contributed by atoms with Gasteiger partial charge in [-0.25, -0.2) is 17.1 Å². The highest BCUT2D eigenvalue weighted by Crippen LogP contribution is 2.41. The molecule has 5 rings (SSSR count). The van der Waals surface area contributed by atoms with Crippen LogP contribution < -0.4 is 5.32 Å². The highest BCUT2D eigenvalue weighted by atomic mass is 32.2. The van der Waals surface area contributed by atoms with Crippen LogP contribution in [-0.2, 0) is 15.4 Å². The summed E-state index contributed by atoms with van der Waals surface area (Å²) in [6.07, 6.45) is 5.20. The number of benzene rings is 2. The fraction of sp³-hybridized carbons (Fsp3) is 0.391. The number of fused-ring (bicyclic) bond motifs is 1. The number of nitrogens with one attached hydrogen (secondary N) is 1. The smallest absolute Gasteiger partial charge is 0.269 e. The molecule has 31 heavy (non-hydrogen) atoms. The van der Waals surface area contributed by atoms with Crippen molar-refractivity contribution in [2.45, 2.75) is 54.9 Å². The molecule has 0 aromatic heterocycles. The second-order valence-corrected chi connectivity index (χ2v) is 10.5. The molecule has 0 spiro atoms. The lowest BCUT2D eigenvalue weighted by atomic mass is 9.78. The molecule has 1 heterocycles. The highest BCUT2D eigenvalue weighted by Gasteiger charge is 2.49. The molecule has 0 radical (unpaired) electrons. The van der Waals surface area contributed by atoms with Crippen molar-refractivity contribution in [1.82, 2.24) is 9.62 Å². The minimum absolute atomic E-state index is 0.0915. The van der Waals surface area contributed by atoms with Gasteiger partial charge in [0.1, 0.15) is 10.7 Å². The van der Waals surface area contributed by atoms with E-state index in [2.05, 4.69) is 5.32 Å². The first kappa shape index (κ1) is 20.2. The number of sulfonamides is 1. The first-order valence-electron chi connectivity index (χ1n) is 10.6. The van der Waals surface area contributed by atoms with E-state index in [9.17, 15) is 22.4 Å². The number of carbonyl (C=O) groups excluding carboxylic acids is 2. The average molecular weight is 443 g/mol. The van der Waals surface area contributed by atoms with E-state index in [0.717, 1.165) is 35.6 Å². The Balaban J connectivity index is 1.38. The van der Waals surface area contributed by atoms with Crippen LogP contribution in [0.4, 0.5) is 4.39 Å². The van der Waals surface area contributed by atoms with Gasteiger partial charge in [-0.15, -0.1) is 0 Å². The van der Waals surface area contributed by atoms with Crippen molar-refractivity contribution in [3.8, 4) is 0 Å². The molecule has 6 nitrogen and oxygen atoms in total. The van der Waals surface area contributed by atoms with Gasteiger partial charge < -0.3 is 5.32 Å². The number of rotatable bonds is 5. The number of carbonyl (C=O) groups is 2. The second kappa shape index (κ2) is 7.15. The first-order valence-corrected chi connectivity index (χ1v) is 12.0. The van der Waals surface area contributed by atoms with E-state index in [4.69, 9.17) is 0 Å². The van der Waals surface area contributed by atoms with Gasteiger partial charge in [-0.3, -0.25) is 9.59 Å². The van der Waals surface area contributed by atoms with Gasteiger partial charge in [-0.2, -0.15) is 0 Å². The summed E-state index contributed by atoms with van der Waals surface area (Å²) in [6, 6.07) is 10.4. The normalized spacial score (nSPS) is 21.2. The molecule has 1 N–H and O–H groups in total. The van der Waals surface area contributed by atoms with Gasteiger partial charge in [0.05, 0.1) is 5.56 Å². The summed E-state index contributed by atoms with van der Waals surface area (Å²) >= 11 is 0. The van der Waals surface area contributed by atoms with Crippen molar-refractivity contribution in [1.29, 1.82) is 0 Å². The van der Waals surface area contributed by atoms with Gasteiger partial charge in [0.25, 0.3) is 21.8 Å². The number of nitrogens with zero attached hydrogens (tertiary/aromatic N) is 1. The molecule has 2 aromatic rings. The molecule has 0 atom stereocenters. The summed E-state index contributed by atoms with van der Waals surface area (Å²) in [5, 5.41) is 2.94. The minimum Gasteiger partial charge on any atom is -0.351 e. The largest absolute Gasteiger partial charge is 0.351 e. The second-order valence-electron chi connectivity index (χ2n) is 8.73. The molecule has 8 heteroatoms. The quantitative estimate of drug-likeness (QED) is 0.770. The third-order valence-corrected chi connectivity index (χ3v) is 8.57. The van der Waals surface area contributed by atoms with Gasteiger partial charge in [0.15, 0.2) is 0 Å². The van der Waals surface area contributed by atoms with Crippen LogP contribution in [0.3, 0.4) is 0 Å². The van der Waals surface area contributed by atoms with Crippen LogP contribution >= 0.6 is 0 Å². The van der Waals surface area contributed by atoms with Crippen molar-refractivity contribution in [3.05, 3.63) is 65.0 Å². The number of hydrogen-bond acceptors (Lipinski definition) is 4. The predicted molar refractivity (Wildman–Crippen MR) is 112 cm³/mol. The summed E-state index contributed by atoms with van der Waals surface area (Å²) in [4.78, 5) is 25.3. The maximum Gasteiger partial charge on any atom is 0.269 e. The standard InChI is InChI=1S/C23H23FN2O4S/c24-17-6-4-16(5-7-17)23(11-1-2-12-23)14-25-21(27)15-3-10-19-20(13-15)31(29,30)26(22(19)28)18-8-9-18/h3-7,10,13,18H,1-2,8-9,11-12,14H2,(H,25,27). The monoisotopic (exact) mass is 442 g/mol. The Morgan fingerprint density at radius 2 is 1.77 bits per heavy atom. The Morgan fingerprint density at radius 1 is 1.10 bits per heavy atom. The summed E-state index contributed by atoms with van der Waals surface area (Å²) in [5.74, 6) is -1.19. The van der Waals surface area contributed by atoms with Crippen molar-refractivity contribution in [3.63, 3.8) is 0 Å². The predicted octanol–water partition coefficient (Wildman–Crippen LogP) is 3.37. The van der Waals surface area contributed by atoms with E-state index >= 15 is 0 Å². The van der Waals surface area contributed by atoms with E-state index < -0.39 is 15.9 Å². The maximum absolute atomic E-state index is 13.4. The lowest BCUT2D eigenvalue weighted by molar-refractivity contribution is 0.0863. The molecule has 2 amide bonds. The van der Waals surface area contributed by atoms with E-state index in [1.807, 2.05) is 0 Å². The minimum atomic E-state index is -3.91. The lowest BCUT2D eigenvalue weighted by Crippen LogP contribution is -2.39. The molecule has 0 bridgehead atoms. The summed E-state index contributed by atoms with van der Waals surface area (Å²) in [7, 11) is -3.91. The van der Waals surface area contributed by atoms with E-state index in [1.54, 1.807) is 12.1 Å². The van der Waals surface area contributed by atoms with Gasteiger partial charge >= 0.3 is 0 Å². The fourth-order valence-corrected chi connectivity index (χ4v) is 6.67. The maximum atomic E-state index is 13.4. The van der Waals surface area contributed by atoms with Crippen LogP contribution in [0.1, 0.15) is 64.8 Å². The van der Waals surface area contributed by atoms with Crippen LogP contribution in [0.25, 0.3) is 0 Å². The zero-order valence-corrected chi connectivity index (χ0v) is 17.8. The zero-order chi connectivity index (χ0) is 21.8. The number of amides is 2. The zero-order valence-electron chi connectivity index (χ0n) is 16.9. The SMILES string of the molecule is O=C(NCC1(c2ccc(F)cc2)CCCC1)c1ccc2c(c1)S(=O)(=O)N(C1CC1)C2=O. The molecular weight excluding hydrogens is 419 g/mol. The third-order valence-electron chi connectivity index (χ3n) is 6.69. The van der Waals surface area contributed by atoms with Crippen LogP contribution in [0.5, 0.6) is 0 Å². The molecule has 3 aliphatic rings. The van der Waals surface area contributed by atoms with Crippen LogP contribution in [0.2, 0.25) is 0 Å². The van der Waals surface area contributed by atoms with Gasteiger partial charge in [-0.1, -0.05) is 25.0 Å². The molecule has 0 saturated heterocycles. The Bertz CT molecular complexity index is 1170. The Kier molecular flexibility index (Phi) is 4.66. The Hall–Kier alpha value is -2.74. The van der Waals surface area contributed by atoms with Crippen molar-refractivity contribution >= 4 is 21.8 Å². The molecule has 162 valence electrons. The molecule has 2 aliphatic carbocycles. The highest BCUT2D eigenvalue weighted by molar-refractivity contribution is 7.90. The van der Waals surface area contributed by atoms with Gasteiger partial charge in [0.2, 0.25) is 0 Å². The average Bonchev–Trinajstić information content (AvgIpc) is 3.42. The molecule has 1 aliphatic heterocycles. The fourth-order valence-electron chi connectivity index (χ4n) is 4.83. The lowest BCUT2D eigenvalue weighted by Gasteiger charge is -2.30. The number of halogens is 1. The van der Waals surface area contributed by atoms with E-state index in [1.165, 1.54) is 30.3 Å². The van der Waals surface area contributed by atoms with Gasteiger partial charge in [0, 0.05) is 23.6 Å². The molecular formula is C23H23FN2O4S. The Labute approximate surface area is 180 Å². The van der Waals surface area contributed by atoms with E-state index in [0.29, 0.717) is 19.4 Å². The summed E-state index contributed by atoms with van der Waals surface area (Å²) in [6.45, 7) is 0.383. The third kappa shape index (κ3) is 3.33. The first-order chi connectivity index (χ1) is 14.8. The van der Waals surface area contributed by atoms with Crippen molar-refractivity contribution < 1.29 is 22.4 Å². The molecule has 2 saturated carbocycles. The van der Waals surface area contributed by atoms with Crippen LogP contribution in [0, 0.1) is 5.82 Å². The summed E-state index contributed by atoms with van der Waals surface area (Å²) in [5.41, 5.74) is 1.07. The van der Waals surface area contributed by atoms with E-state index in [-0.39, 0.29) is 39.2 Å². The molecule has 0 unspecified atom stereocenters. The summed E-state index contributed by atoms with van der Waals surface area (Å²) < 4.78 is 40.0. The van der Waals surface area contributed by atoms with Crippen LogP contribution in [-0.4, -0.2) is 37.1 Å². The molecule has 2 fully saturated rings. The van der Waals surface area contributed by atoms with Crippen molar-refractivity contribution in [2.24, 2.45) is 0 Å². The Morgan fingerprint density at radius 3 is 2.42 bits per heavy atom.